The molecular weight excluding hydrogens is 254 g/mol. The molecule has 0 saturated heterocycles. The summed E-state index contributed by atoms with van der Waals surface area (Å²) in [6, 6.07) is 3.72. The van der Waals surface area contributed by atoms with Crippen molar-refractivity contribution in [2.24, 2.45) is 0 Å². The highest BCUT2D eigenvalue weighted by molar-refractivity contribution is 5.60. The number of benzene rings is 1. The van der Waals surface area contributed by atoms with E-state index < -0.39 is 6.10 Å². The Hall–Kier alpha value is -1.52. The first-order valence-electron chi connectivity index (χ1n) is 7.18. The fourth-order valence-corrected chi connectivity index (χ4v) is 3.93. The molecule has 2 aliphatic heterocycles. The van der Waals surface area contributed by atoms with Gasteiger partial charge in [0.15, 0.2) is 11.5 Å². The number of aliphatic hydroxyl groups excluding tert-OH is 1. The Bertz CT molecular complexity index is 598. The van der Waals surface area contributed by atoms with E-state index in [2.05, 4.69) is 18.0 Å². The van der Waals surface area contributed by atoms with E-state index in [-0.39, 0.29) is 17.3 Å². The molecule has 2 N–H and O–H groups in total. The first-order chi connectivity index (χ1) is 9.60. The highest BCUT2D eigenvalue weighted by Crippen LogP contribution is 2.55. The lowest BCUT2D eigenvalue weighted by atomic mass is 9.69. The van der Waals surface area contributed by atoms with Crippen molar-refractivity contribution in [1.82, 2.24) is 4.90 Å². The second-order valence-electron chi connectivity index (χ2n) is 6.24. The van der Waals surface area contributed by atoms with Crippen LogP contribution in [0.3, 0.4) is 0 Å². The maximum Gasteiger partial charge on any atom is 0.165 e. The lowest BCUT2D eigenvalue weighted by Crippen LogP contribution is -2.42. The van der Waals surface area contributed by atoms with Crippen molar-refractivity contribution in [3.8, 4) is 11.5 Å². The van der Waals surface area contributed by atoms with Gasteiger partial charge in [-0.3, -0.25) is 0 Å². The summed E-state index contributed by atoms with van der Waals surface area (Å²) in [5.74, 6) is 0.839. The molecule has 106 valence electrons. The zero-order valence-corrected chi connectivity index (χ0v) is 11.5. The summed E-state index contributed by atoms with van der Waals surface area (Å²) in [7, 11) is 2.12. The molecule has 0 radical (unpaired) electrons. The minimum atomic E-state index is -0.452. The van der Waals surface area contributed by atoms with Gasteiger partial charge in [-0.1, -0.05) is 18.2 Å². The number of phenols is 1. The second-order valence-corrected chi connectivity index (χ2v) is 6.24. The molecular formula is C16H19NO3. The van der Waals surface area contributed by atoms with E-state index >= 15 is 0 Å². The molecule has 1 aromatic carbocycles. The SMILES string of the molecule is CN1CC[C@@]23C=C[C@@H](O)C[C@@H]2Oc2c(O)ccc(c23)C1. The van der Waals surface area contributed by atoms with Crippen LogP contribution in [0.1, 0.15) is 24.0 Å². The van der Waals surface area contributed by atoms with Crippen LogP contribution in [0.5, 0.6) is 11.5 Å². The van der Waals surface area contributed by atoms with Gasteiger partial charge < -0.3 is 19.8 Å². The van der Waals surface area contributed by atoms with Crippen molar-refractivity contribution < 1.29 is 14.9 Å². The van der Waals surface area contributed by atoms with Gasteiger partial charge in [0.2, 0.25) is 0 Å². The third kappa shape index (κ3) is 1.49. The first-order valence-corrected chi connectivity index (χ1v) is 7.18. The monoisotopic (exact) mass is 273 g/mol. The van der Waals surface area contributed by atoms with Crippen LogP contribution < -0.4 is 4.74 Å². The van der Waals surface area contributed by atoms with Crippen molar-refractivity contribution in [2.45, 2.75) is 37.0 Å². The van der Waals surface area contributed by atoms with Gasteiger partial charge in [-0.15, -0.1) is 0 Å². The van der Waals surface area contributed by atoms with E-state index in [4.69, 9.17) is 4.74 Å². The summed E-state index contributed by atoms with van der Waals surface area (Å²) < 4.78 is 6.04. The van der Waals surface area contributed by atoms with Crippen molar-refractivity contribution >= 4 is 0 Å². The molecule has 4 heteroatoms. The standard InChI is InChI=1S/C16H19NO3/c1-17-7-6-16-5-4-11(18)8-13(16)20-15-12(19)3-2-10(9-17)14(15)16/h2-5,11,13,18-19H,6-9H2,1H3/t11-,13+,16+/m1/s1. The van der Waals surface area contributed by atoms with Crippen LogP contribution in [-0.2, 0) is 12.0 Å². The Morgan fingerprint density at radius 1 is 1.40 bits per heavy atom. The number of hydrogen-bond acceptors (Lipinski definition) is 4. The first kappa shape index (κ1) is 12.2. The maximum absolute atomic E-state index is 10.1. The molecule has 1 aromatic rings. The predicted molar refractivity (Wildman–Crippen MR) is 74.9 cm³/mol. The van der Waals surface area contributed by atoms with Crippen molar-refractivity contribution in [3.05, 3.63) is 35.4 Å². The summed E-state index contributed by atoms with van der Waals surface area (Å²) in [6.07, 6.45) is 5.02. The van der Waals surface area contributed by atoms with Gasteiger partial charge in [-0.25, -0.2) is 0 Å². The van der Waals surface area contributed by atoms with E-state index in [1.165, 1.54) is 5.56 Å². The lowest BCUT2D eigenvalue weighted by Gasteiger charge is -2.35. The van der Waals surface area contributed by atoms with E-state index in [0.717, 1.165) is 25.1 Å². The fraction of sp³-hybridized carbons (Fsp3) is 0.500. The van der Waals surface area contributed by atoms with Crippen molar-refractivity contribution in [1.29, 1.82) is 0 Å². The van der Waals surface area contributed by atoms with E-state index in [0.29, 0.717) is 12.2 Å². The van der Waals surface area contributed by atoms with E-state index in [1.807, 2.05) is 12.1 Å². The van der Waals surface area contributed by atoms with Gasteiger partial charge in [-0.2, -0.15) is 0 Å². The number of hydrogen-bond donors (Lipinski definition) is 2. The zero-order valence-electron chi connectivity index (χ0n) is 11.5. The summed E-state index contributed by atoms with van der Waals surface area (Å²) in [5.41, 5.74) is 2.17. The quantitative estimate of drug-likeness (QED) is 0.704. The largest absolute Gasteiger partial charge is 0.504 e. The minimum Gasteiger partial charge on any atom is -0.504 e. The molecule has 0 unspecified atom stereocenters. The van der Waals surface area contributed by atoms with Crippen LogP contribution in [0.2, 0.25) is 0 Å². The van der Waals surface area contributed by atoms with Crippen LogP contribution in [0.25, 0.3) is 0 Å². The Morgan fingerprint density at radius 3 is 3.10 bits per heavy atom. The number of ether oxygens (including phenoxy) is 1. The highest BCUT2D eigenvalue weighted by Gasteiger charge is 2.52. The molecule has 0 aromatic heterocycles. The van der Waals surface area contributed by atoms with Crippen LogP contribution in [0.4, 0.5) is 0 Å². The third-order valence-corrected chi connectivity index (χ3v) is 4.94. The highest BCUT2D eigenvalue weighted by atomic mass is 16.5. The Balaban J connectivity index is 1.96. The van der Waals surface area contributed by atoms with Crippen LogP contribution in [0, 0.1) is 0 Å². The van der Waals surface area contributed by atoms with Crippen molar-refractivity contribution in [3.63, 3.8) is 0 Å². The Morgan fingerprint density at radius 2 is 2.25 bits per heavy atom. The van der Waals surface area contributed by atoms with E-state index in [9.17, 15) is 10.2 Å². The van der Waals surface area contributed by atoms with E-state index in [1.54, 1.807) is 6.07 Å². The molecule has 3 aliphatic rings. The minimum absolute atomic E-state index is 0.0731. The molecule has 0 fully saturated rings. The van der Waals surface area contributed by atoms with Gasteiger partial charge in [0.05, 0.1) is 11.5 Å². The van der Waals surface area contributed by atoms with Gasteiger partial charge in [0.25, 0.3) is 0 Å². The molecule has 0 amide bonds. The summed E-state index contributed by atoms with van der Waals surface area (Å²) in [5, 5.41) is 20.0. The molecule has 4 rings (SSSR count). The molecule has 1 aliphatic carbocycles. The molecule has 4 nitrogen and oxygen atoms in total. The fourth-order valence-electron chi connectivity index (χ4n) is 3.93. The summed E-state index contributed by atoms with van der Waals surface area (Å²) in [6.45, 7) is 1.85. The van der Waals surface area contributed by atoms with Gasteiger partial charge in [0, 0.05) is 18.5 Å². The van der Waals surface area contributed by atoms with Crippen LogP contribution in [0.15, 0.2) is 24.3 Å². The predicted octanol–water partition coefficient (Wildman–Crippen LogP) is 1.55. The number of aliphatic hydroxyl groups is 1. The number of rotatable bonds is 0. The topological polar surface area (TPSA) is 52.9 Å². The van der Waals surface area contributed by atoms with Gasteiger partial charge in [0.1, 0.15) is 6.10 Å². The lowest BCUT2D eigenvalue weighted by molar-refractivity contribution is 0.0822. The molecule has 0 bridgehead atoms. The normalized spacial score (nSPS) is 35.1. The summed E-state index contributed by atoms with van der Waals surface area (Å²) >= 11 is 0. The van der Waals surface area contributed by atoms with Crippen LogP contribution >= 0.6 is 0 Å². The second kappa shape index (κ2) is 3.99. The maximum atomic E-state index is 10.1. The average Bonchev–Trinajstić information content (AvgIpc) is 2.68. The molecule has 0 saturated carbocycles. The van der Waals surface area contributed by atoms with Crippen LogP contribution in [-0.4, -0.2) is 40.9 Å². The molecule has 1 spiro atoms. The number of phenolic OH excluding ortho intramolecular Hbond substituents is 1. The van der Waals surface area contributed by atoms with Crippen molar-refractivity contribution in [2.75, 3.05) is 13.6 Å². The zero-order chi connectivity index (χ0) is 13.9. The summed E-state index contributed by atoms with van der Waals surface area (Å²) in [4.78, 5) is 2.30. The molecule has 2 heterocycles. The third-order valence-electron chi connectivity index (χ3n) is 4.94. The smallest absolute Gasteiger partial charge is 0.165 e. The average molecular weight is 273 g/mol. The Labute approximate surface area is 118 Å². The number of nitrogens with zero attached hydrogens (tertiary/aromatic N) is 1. The van der Waals surface area contributed by atoms with Gasteiger partial charge >= 0.3 is 0 Å². The van der Waals surface area contributed by atoms with Gasteiger partial charge in [-0.05, 0) is 31.6 Å². The molecule has 3 atom stereocenters. The Kier molecular flexibility index (Phi) is 2.44. The number of aromatic hydroxyl groups is 1. The molecule has 20 heavy (non-hydrogen) atoms.